The highest BCUT2D eigenvalue weighted by Crippen LogP contribution is 2.30. The zero-order chi connectivity index (χ0) is 26.3. The van der Waals surface area contributed by atoms with E-state index in [-0.39, 0.29) is 15.6 Å². The van der Waals surface area contributed by atoms with E-state index in [4.69, 9.17) is 0 Å². The molecule has 0 saturated heterocycles. The Morgan fingerprint density at radius 3 is 2.22 bits per heavy atom. The third-order valence-electron chi connectivity index (χ3n) is 7.57. The molecule has 5 rings (SSSR count). The molecule has 0 bridgehead atoms. The molecule has 0 N–H and O–H groups in total. The van der Waals surface area contributed by atoms with Crippen LogP contribution in [-0.4, -0.2) is 5.78 Å². The lowest BCUT2D eigenvalue weighted by Crippen LogP contribution is -2.09. The topological polar surface area (TPSA) is 17.1 Å². The SMILES string of the molecule is CCc1ccccc1C(C)(F)F.O=C1C=Cc2ccc(Cc3ccc(CC4CCCCC4)cc3)cc2C1.[HH].[HH].[HH]. The van der Waals surface area contributed by atoms with E-state index in [1.807, 2.05) is 13.0 Å². The molecule has 0 aromatic heterocycles. The van der Waals surface area contributed by atoms with Crippen LogP contribution in [0.1, 0.15) is 89.2 Å². The van der Waals surface area contributed by atoms with E-state index in [1.54, 1.807) is 24.3 Å². The fraction of sp³-hybridized carbons (Fsp3) is 0.382. The van der Waals surface area contributed by atoms with Crippen molar-refractivity contribution in [2.45, 2.75) is 77.6 Å². The summed E-state index contributed by atoms with van der Waals surface area (Å²) in [5, 5.41) is 0. The van der Waals surface area contributed by atoms with Gasteiger partial charge < -0.3 is 0 Å². The third kappa shape index (κ3) is 7.71. The minimum Gasteiger partial charge on any atom is -0.294 e. The number of carbonyl (C=O) groups is 1. The number of fused-ring (bicyclic) bond motifs is 1. The largest absolute Gasteiger partial charge is 0.294 e. The lowest BCUT2D eigenvalue weighted by Gasteiger charge is -2.21. The van der Waals surface area contributed by atoms with Crippen molar-refractivity contribution in [3.05, 3.63) is 112 Å². The van der Waals surface area contributed by atoms with E-state index in [9.17, 15) is 13.6 Å². The molecule has 0 aliphatic heterocycles. The minimum atomic E-state index is -2.72. The van der Waals surface area contributed by atoms with Crippen LogP contribution < -0.4 is 0 Å². The third-order valence-corrected chi connectivity index (χ3v) is 7.57. The Morgan fingerprint density at radius 2 is 1.54 bits per heavy atom. The molecule has 1 fully saturated rings. The summed E-state index contributed by atoms with van der Waals surface area (Å²) < 4.78 is 25.8. The van der Waals surface area contributed by atoms with Gasteiger partial charge in [-0.3, -0.25) is 4.79 Å². The first-order valence-electron chi connectivity index (χ1n) is 13.7. The molecular formula is C34H44F2O. The Labute approximate surface area is 225 Å². The molecule has 37 heavy (non-hydrogen) atoms. The van der Waals surface area contributed by atoms with Gasteiger partial charge in [-0.15, -0.1) is 0 Å². The Balaban J connectivity index is 0.000000459. The fourth-order valence-corrected chi connectivity index (χ4v) is 5.52. The number of benzene rings is 3. The molecule has 0 atom stereocenters. The summed E-state index contributed by atoms with van der Waals surface area (Å²) in [6, 6.07) is 22.4. The smallest absolute Gasteiger partial charge is 0.270 e. The summed E-state index contributed by atoms with van der Waals surface area (Å²) in [5.74, 6) is -1.62. The minimum absolute atomic E-state index is 0. The quantitative estimate of drug-likeness (QED) is 0.325. The van der Waals surface area contributed by atoms with Crippen LogP contribution in [0.2, 0.25) is 0 Å². The van der Waals surface area contributed by atoms with E-state index < -0.39 is 5.92 Å². The van der Waals surface area contributed by atoms with Crippen molar-refractivity contribution in [3.63, 3.8) is 0 Å². The molecule has 1 saturated carbocycles. The van der Waals surface area contributed by atoms with Gasteiger partial charge in [0.25, 0.3) is 5.92 Å². The monoisotopic (exact) mass is 506 g/mol. The molecule has 200 valence electrons. The van der Waals surface area contributed by atoms with Crippen molar-refractivity contribution in [1.82, 2.24) is 0 Å². The Hall–Kier alpha value is -3.07. The van der Waals surface area contributed by atoms with Crippen molar-refractivity contribution in [1.29, 1.82) is 0 Å². The molecule has 2 aliphatic rings. The predicted molar refractivity (Wildman–Crippen MR) is 155 cm³/mol. The maximum absolute atomic E-state index is 12.9. The summed E-state index contributed by atoms with van der Waals surface area (Å²) >= 11 is 0. The molecule has 0 radical (unpaired) electrons. The number of alkyl halides is 2. The number of rotatable bonds is 6. The summed E-state index contributed by atoms with van der Waals surface area (Å²) in [4.78, 5) is 11.6. The lowest BCUT2D eigenvalue weighted by atomic mass is 9.84. The maximum Gasteiger partial charge on any atom is 0.270 e. The van der Waals surface area contributed by atoms with Crippen LogP contribution in [-0.2, 0) is 36.4 Å². The van der Waals surface area contributed by atoms with Crippen molar-refractivity contribution in [2.24, 2.45) is 5.92 Å². The Bertz CT molecular complexity index is 1230. The summed E-state index contributed by atoms with van der Waals surface area (Å²) in [5.41, 5.74) is 7.35. The standard InChI is InChI=1S/C24H26O.C10H12F2.3H2/c25-24-13-12-22-11-10-21(16-23(22)17-24)15-20-8-6-19(7-9-20)14-18-4-2-1-3-5-18;1-3-8-6-4-5-7-9(8)10(2,11)12;;;/h6-13,16,18H,1-5,14-15,17H2;4-7H,3H2,1-2H3;3*1H. The van der Waals surface area contributed by atoms with E-state index in [0.717, 1.165) is 24.8 Å². The molecule has 0 spiro atoms. The van der Waals surface area contributed by atoms with Gasteiger partial charge >= 0.3 is 0 Å². The summed E-state index contributed by atoms with van der Waals surface area (Å²) in [6.07, 6.45) is 14.1. The average Bonchev–Trinajstić information content (AvgIpc) is 2.90. The van der Waals surface area contributed by atoms with Crippen LogP contribution in [0.4, 0.5) is 8.78 Å². The molecule has 0 heterocycles. The molecule has 1 nitrogen and oxygen atoms in total. The summed E-state index contributed by atoms with van der Waals surface area (Å²) in [6.45, 7) is 2.81. The highest BCUT2D eigenvalue weighted by atomic mass is 19.3. The molecule has 0 amide bonds. The van der Waals surface area contributed by atoms with E-state index >= 15 is 0 Å². The molecular weight excluding hydrogens is 462 g/mol. The van der Waals surface area contributed by atoms with Crippen LogP contribution in [0.15, 0.2) is 72.8 Å². The van der Waals surface area contributed by atoms with Gasteiger partial charge in [0, 0.05) is 23.2 Å². The molecule has 3 aromatic carbocycles. The zero-order valence-electron chi connectivity index (χ0n) is 22.1. The van der Waals surface area contributed by atoms with Crippen molar-refractivity contribution >= 4 is 11.9 Å². The van der Waals surface area contributed by atoms with Gasteiger partial charge in [-0.2, -0.15) is 0 Å². The zero-order valence-corrected chi connectivity index (χ0v) is 22.1. The number of ketones is 1. The lowest BCUT2D eigenvalue weighted by molar-refractivity contribution is -0.114. The van der Waals surface area contributed by atoms with Crippen LogP contribution >= 0.6 is 0 Å². The normalized spacial score (nSPS) is 15.6. The van der Waals surface area contributed by atoms with Crippen LogP contribution in [0.5, 0.6) is 0 Å². The van der Waals surface area contributed by atoms with E-state index in [0.29, 0.717) is 12.8 Å². The fourth-order valence-electron chi connectivity index (χ4n) is 5.52. The predicted octanol–water partition coefficient (Wildman–Crippen LogP) is 9.64. The van der Waals surface area contributed by atoms with Crippen molar-refractivity contribution in [2.75, 3.05) is 0 Å². The van der Waals surface area contributed by atoms with Gasteiger partial charge in [-0.1, -0.05) is 112 Å². The van der Waals surface area contributed by atoms with Gasteiger partial charge in [0.2, 0.25) is 0 Å². The number of aryl methyl sites for hydroxylation is 1. The van der Waals surface area contributed by atoms with E-state index in [1.165, 1.54) is 72.4 Å². The van der Waals surface area contributed by atoms with Crippen LogP contribution in [0, 0.1) is 5.92 Å². The second-order valence-electron chi connectivity index (χ2n) is 10.6. The second kappa shape index (κ2) is 12.4. The highest BCUT2D eigenvalue weighted by molar-refractivity contribution is 5.98. The van der Waals surface area contributed by atoms with Gasteiger partial charge in [-0.05, 0) is 64.6 Å². The number of carbonyl (C=O) groups excluding carboxylic acids is 1. The van der Waals surface area contributed by atoms with Crippen molar-refractivity contribution in [3.8, 4) is 0 Å². The first-order chi connectivity index (χ1) is 17.8. The van der Waals surface area contributed by atoms with Crippen LogP contribution in [0.3, 0.4) is 0 Å². The van der Waals surface area contributed by atoms with Gasteiger partial charge in [0.05, 0.1) is 0 Å². The van der Waals surface area contributed by atoms with Crippen LogP contribution in [0.25, 0.3) is 6.08 Å². The first-order valence-corrected chi connectivity index (χ1v) is 13.7. The number of halogens is 2. The van der Waals surface area contributed by atoms with Gasteiger partial charge in [-0.25, -0.2) is 8.78 Å². The maximum atomic E-state index is 12.9. The Kier molecular flexibility index (Phi) is 9.08. The molecule has 3 aromatic rings. The first kappa shape index (κ1) is 27.0. The van der Waals surface area contributed by atoms with Gasteiger partial charge in [0.1, 0.15) is 0 Å². The average molecular weight is 507 g/mol. The molecule has 3 heteroatoms. The van der Waals surface area contributed by atoms with E-state index in [2.05, 4.69) is 42.5 Å². The Morgan fingerprint density at radius 1 is 0.865 bits per heavy atom. The summed E-state index contributed by atoms with van der Waals surface area (Å²) in [7, 11) is 0. The number of allylic oxidation sites excluding steroid dienone is 1. The van der Waals surface area contributed by atoms with Crippen molar-refractivity contribution < 1.29 is 17.9 Å². The number of hydrogen-bond donors (Lipinski definition) is 0. The number of hydrogen-bond acceptors (Lipinski definition) is 1. The van der Waals surface area contributed by atoms with Gasteiger partial charge in [0.15, 0.2) is 5.78 Å². The highest BCUT2D eigenvalue weighted by Gasteiger charge is 2.26. The molecule has 2 aliphatic carbocycles. The molecule has 0 unspecified atom stereocenters. The second-order valence-corrected chi connectivity index (χ2v) is 10.6.